The van der Waals surface area contributed by atoms with Crippen molar-refractivity contribution < 1.29 is 74.3 Å². The first kappa shape index (κ1) is 47.2. The van der Waals surface area contributed by atoms with Gasteiger partial charge in [-0.15, -0.1) is 0 Å². The molecule has 0 aromatic carbocycles. The van der Waals surface area contributed by atoms with Gasteiger partial charge in [-0.2, -0.15) is 0 Å². The molecule has 59 heavy (non-hydrogen) atoms. The molecule has 17 heteroatoms. The molecular weight excluding hydrogens is 793 g/mol. The summed E-state index contributed by atoms with van der Waals surface area (Å²) in [5.74, 6) is -2.69. The van der Waals surface area contributed by atoms with Gasteiger partial charge in [0.15, 0.2) is 24.6 Å². The molecule has 0 bridgehead atoms. The molecular formula is C42H65O16S-. The van der Waals surface area contributed by atoms with Crippen LogP contribution < -0.4 is 0 Å². The third-order valence-corrected chi connectivity index (χ3v) is 14.9. The van der Waals surface area contributed by atoms with E-state index >= 15 is 0 Å². The number of carbonyl (C=O) groups excluding carboxylic acids is 5. The molecule has 5 aliphatic rings. The van der Waals surface area contributed by atoms with Crippen LogP contribution in [0.2, 0.25) is 0 Å². The summed E-state index contributed by atoms with van der Waals surface area (Å²) in [4.78, 5) is 62.1. The quantitative estimate of drug-likeness (QED) is 0.0681. The first-order valence-corrected chi connectivity index (χ1v) is 22.6. The zero-order valence-corrected chi connectivity index (χ0v) is 36.8. The van der Waals surface area contributed by atoms with Crippen LogP contribution in [0.25, 0.3) is 0 Å². The van der Waals surface area contributed by atoms with Gasteiger partial charge in [0.05, 0.1) is 25.4 Å². The highest BCUT2D eigenvalue weighted by molar-refractivity contribution is 7.80. The van der Waals surface area contributed by atoms with Crippen LogP contribution in [0.5, 0.6) is 0 Å². The van der Waals surface area contributed by atoms with Gasteiger partial charge in [0, 0.05) is 46.0 Å². The number of fused-ring (bicyclic) bond motifs is 5. The lowest BCUT2D eigenvalue weighted by Crippen LogP contribution is -2.64. The standard InChI is InChI=1S/C42H66O16S/c1-22(2)11-10-12-28(20-51-23(3)43)31-13-14-32-30-18-35(53-24(4)44)34-17-29(58-59(48,49)50)15-16-41(34,8)33(30)19-37(42(31,32)9)57-40-39(56-27(7)47)38(55-26(6)46)36(21-52-40)54-25(5)45/h22,28-40H,10-21H2,1-9H3,(H,48,49,50)/p-1/t28-,29+,30-,31+,32-,33-,34+,35+,36+,37+,38-,39+,40-,41+,42+/m0/s1. The first-order chi connectivity index (χ1) is 27.5. The van der Waals surface area contributed by atoms with E-state index in [0.717, 1.165) is 32.1 Å². The van der Waals surface area contributed by atoms with Gasteiger partial charge in [0.2, 0.25) is 10.4 Å². The molecule has 4 aliphatic carbocycles. The number of rotatable bonds is 15. The smallest absolute Gasteiger partial charge is 0.303 e. The molecule has 16 nitrogen and oxygen atoms in total. The van der Waals surface area contributed by atoms with Crippen molar-refractivity contribution in [2.24, 2.45) is 52.3 Å². The molecule has 0 aromatic rings. The van der Waals surface area contributed by atoms with Crippen LogP contribution in [0.3, 0.4) is 0 Å². The fourth-order valence-corrected chi connectivity index (χ4v) is 12.7. The van der Waals surface area contributed by atoms with Crippen molar-refractivity contribution in [3.63, 3.8) is 0 Å². The third-order valence-electron chi connectivity index (χ3n) is 14.4. The maximum absolute atomic E-state index is 12.7. The largest absolute Gasteiger partial charge is 0.726 e. The Morgan fingerprint density at radius 3 is 1.97 bits per heavy atom. The second-order valence-corrected chi connectivity index (χ2v) is 19.6. The van der Waals surface area contributed by atoms with Crippen LogP contribution >= 0.6 is 0 Å². The predicted octanol–water partition coefficient (Wildman–Crippen LogP) is 5.18. The average molecular weight is 858 g/mol. The summed E-state index contributed by atoms with van der Waals surface area (Å²) in [7, 11) is -4.98. The number of hydrogen-bond acceptors (Lipinski definition) is 16. The molecule has 336 valence electrons. The predicted molar refractivity (Wildman–Crippen MR) is 206 cm³/mol. The highest BCUT2D eigenvalue weighted by atomic mass is 32.3. The number of ether oxygens (including phenoxy) is 7. The van der Waals surface area contributed by atoms with Gasteiger partial charge in [-0.1, -0.05) is 40.5 Å². The monoisotopic (exact) mass is 857 g/mol. The van der Waals surface area contributed by atoms with Crippen molar-refractivity contribution >= 4 is 40.2 Å². The first-order valence-electron chi connectivity index (χ1n) is 21.3. The average Bonchev–Trinajstić information content (AvgIpc) is 3.46. The van der Waals surface area contributed by atoms with Gasteiger partial charge < -0.3 is 37.7 Å². The normalized spacial score (nSPS) is 38.5. The molecule has 0 radical (unpaired) electrons. The van der Waals surface area contributed by atoms with Gasteiger partial charge >= 0.3 is 29.8 Å². The molecule has 0 unspecified atom stereocenters. The van der Waals surface area contributed by atoms with Gasteiger partial charge in [-0.05, 0) is 92.3 Å². The number of esters is 5. The van der Waals surface area contributed by atoms with Crippen molar-refractivity contribution in [3.8, 4) is 0 Å². The zero-order valence-electron chi connectivity index (χ0n) is 36.0. The van der Waals surface area contributed by atoms with E-state index in [1.807, 2.05) is 0 Å². The van der Waals surface area contributed by atoms with Crippen molar-refractivity contribution in [1.29, 1.82) is 0 Å². The second-order valence-electron chi connectivity index (χ2n) is 18.6. The van der Waals surface area contributed by atoms with E-state index in [2.05, 4.69) is 27.7 Å². The van der Waals surface area contributed by atoms with E-state index in [4.69, 9.17) is 37.3 Å². The van der Waals surface area contributed by atoms with Crippen molar-refractivity contribution in [3.05, 3.63) is 0 Å². The molecule has 0 aromatic heterocycles. The summed E-state index contributed by atoms with van der Waals surface area (Å²) < 4.78 is 82.4. The van der Waals surface area contributed by atoms with E-state index in [1.54, 1.807) is 0 Å². The van der Waals surface area contributed by atoms with Crippen LogP contribution in [-0.4, -0.2) is 98.9 Å². The Bertz CT molecular complexity index is 1650. The van der Waals surface area contributed by atoms with Crippen molar-refractivity contribution in [2.45, 2.75) is 169 Å². The summed E-state index contributed by atoms with van der Waals surface area (Å²) in [6.45, 7) is 15.1. The van der Waals surface area contributed by atoms with Crippen LogP contribution in [0.4, 0.5) is 0 Å². The Kier molecular flexibility index (Phi) is 15.2. The zero-order chi connectivity index (χ0) is 43.6. The van der Waals surface area contributed by atoms with Gasteiger partial charge in [-0.3, -0.25) is 28.2 Å². The van der Waals surface area contributed by atoms with Crippen LogP contribution in [0.15, 0.2) is 0 Å². The maximum Gasteiger partial charge on any atom is 0.303 e. The summed E-state index contributed by atoms with van der Waals surface area (Å²) >= 11 is 0. The van der Waals surface area contributed by atoms with E-state index in [9.17, 15) is 36.9 Å². The Hall–Kier alpha value is -2.86. The molecule has 5 rings (SSSR count). The van der Waals surface area contributed by atoms with Crippen LogP contribution in [0, 0.1) is 52.3 Å². The SMILES string of the molecule is CC(=O)OC[C@H](CCCC(C)C)[C@H]1CC[C@H]2[C@@H]3C[C@@H](OC(C)=O)[C@H]4C[C@H](OS(=O)(=O)[O-])CC[C@]4(C)[C@H]3C[C@@H](O[C@@H]3OC[C@@H](OC(C)=O)[C@H](OC(C)=O)[C@H]3OC(C)=O)[C@]12C. The molecule has 1 saturated heterocycles. The number of carbonyl (C=O) groups is 5. The minimum absolute atomic E-state index is 0.00268. The highest BCUT2D eigenvalue weighted by Gasteiger charge is 2.67. The maximum atomic E-state index is 12.7. The van der Waals surface area contributed by atoms with E-state index in [1.165, 1.54) is 34.6 Å². The van der Waals surface area contributed by atoms with Gasteiger partial charge in [0.25, 0.3) is 0 Å². The lowest BCUT2D eigenvalue weighted by molar-refractivity contribution is -0.316. The molecule has 1 aliphatic heterocycles. The topological polar surface area (TPSA) is 216 Å². The summed E-state index contributed by atoms with van der Waals surface area (Å²) in [5.41, 5.74) is -1.09. The van der Waals surface area contributed by atoms with E-state index in [0.29, 0.717) is 31.6 Å². The minimum atomic E-state index is -4.98. The lowest BCUT2D eigenvalue weighted by atomic mass is 9.43. The van der Waals surface area contributed by atoms with Gasteiger partial charge in [0.1, 0.15) is 6.10 Å². The Morgan fingerprint density at radius 2 is 1.37 bits per heavy atom. The van der Waals surface area contributed by atoms with E-state index < -0.39 is 88.0 Å². The Labute approximate surface area is 348 Å². The Morgan fingerprint density at radius 1 is 0.746 bits per heavy atom. The van der Waals surface area contributed by atoms with Crippen LogP contribution in [0.1, 0.15) is 127 Å². The molecule has 15 atom stereocenters. The Balaban J connectivity index is 1.59. The molecule has 0 amide bonds. The minimum Gasteiger partial charge on any atom is -0.726 e. The summed E-state index contributed by atoms with van der Waals surface area (Å²) in [6.07, 6.45) is -0.484. The molecule has 4 saturated carbocycles. The second kappa shape index (κ2) is 19.0. The summed E-state index contributed by atoms with van der Waals surface area (Å²) in [5, 5.41) is 0. The molecule has 5 fully saturated rings. The molecule has 0 N–H and O–H groups in total. The lowest BCUT2D eigenvalue weighted by Gasteiger charge is -2.64. The fraction of sp³-hybridized carbons (Fsp3) is 0.881. The van der Waals surface area contributed by atoms with E-state index in [-0.39, 0.29) is 61.1 Å². The highest BCUT2D eigenvalue weighted by Crippen LogP contribution is 2.69. The van der Waals surface area contributed by atoms with Crippen molar-refractivity contribution in [2.75, 3.05) is 13.2 Å². The van der Waals surface area contributed by atoms with Gasteiger partial charge in [-0.25, -0.2) is 8.42 Å². The summed E-state index contributed by atoms with van der Waals surface area (Å²) in [6, 6.07) is 0. The van der Waals surface area contributed by atoms with Crippen molar-refractivity contribution in [1.82, 2.24) is 0 Å². The fourth-order valence-electron chi connectivity index (χ4n) is 12.2. The molecule has 0 spiro atoms. The number of hydrogen-bond donors (Lipinski definition) is 0. The molecule has 1 heterocycles. The third kappa shape index (κ3) is 11.0. The van der Waals surface area contributed by atoms with Crippen LogP contribution in [-0.2, 0) is 71.7 Å².